The van der Waals surface area contributed by atoms with Gasteiger partial charge in [-0.05, 0) is 25.8 Å². The van der Waals surface area contributed by atoms with Crippen LogP contribution in [0.1, 0.15) is 42.7 Å². The third-order valence-corrected chi connectivity index (χ3v) is 5.75. The lowest BCUT2D eigenvalue weighted by atomic mass is 10.2. The van der Waals surface area contributed by atoms with Crippen molar-refractivity contribution in [2.24, 2.45) is 0 Å². The summed E-state index contributed by atoms with van der Waals surface area (Å²) in [4.78, 5) is 8.94. The van der Waals surface area contributed by atoms with Gasteiger partial charge in [-0.25, -0.2) is 4.98 Å². The molecule has 1 saturated carbocycles. The fraction of sp³-hybridized carbons (Fsp3) is 0.786. The second kappa shape index (κ2) is 6.46. The molecule has 0 aromatic carbocycles. The second-order valence-electron chi connectivity index (χ2n) is 5.36. The lowest BCUT2D eigenvalue weighted by Crippen LogP contribution is -2.32. The summed E-state index contributed by atoms with van der Waals surface area (Å²) >= 11 is 3.99. The van der Waals surface area contributed by atoms with Crippen LogP contribution in [0.4, 0.5) is 5.13 Å². The van der Waals surface area contributed by atoms with Crippen LogP contribution < -0.4 is 10.2 Å². The minimum absolute atomic E-state index is 0.766. The summed E-state index contributed by atoms with van der Waals surface area (Å²) < 4.78 is 0. The average Bonchev–Trinajstić information content (AvgIpc) is 3.21. The third-order valence-electron chi connectivity index (χ3n) is 3.67. The number of rotatable bonds is 6. The minimum Gasteiger partial charge on any atom is -0.346 e. The van der Waals surface area contributed by atoms with Crippen molar-refractivity contribution >= 4 is 28.2 Å². The molecule has 19 heavy (non-hydrogen) atoms. The van der Waals surface area contributed by atoms with E-state index in [2.05, 4.69) is 28.9 Å². The number of nitrogens with zero attached hydrogens (tertiary/aromatic N) is 2. The molecule has 2 aliphatic rings. The quantitative estimate of drug-likeness (QED) is 0.817. The average molecular weight is 297 g/mol. The Labute approximate surface area is 124 Å². The van der Waals surface area contributed by atoms with Crippen molar-refractivity contribution in [1.82, 2.24) is 10.3 Å². The van der Waals surface area contributed by atoms with E-state index in [1.165, 1.54) is 59.6 Å². The standard InChI is InChI=1S/C14H23N3S2/c1-2-5-15-10-12-13(11-3-4-11)16-14(19-12)17-6-8-18-9-7-17/h11,15H,2-10H2,1H3. The van der Waals surface area contributed by atoms with Crippen LogP contribution in [0.2, 0.25) is 0 Å². The third kappa shape index (κ3) is 3.44. The van der Waals surface area contributed by atoms with Crippen LogP contribution in [-0.4, -0.2) is 36.1 Å². The smallest absolute Gasteiger partial charge is 0.185 e. The van der Waals surface area contributed by atoms with Gasteiger partial charge in [0.25, 0.3) is 0 Å². The van der Waals surface area contributed by atoms with Crippen molar-refractivity contribution in [3.05, 3.63) is 10.6 Å². The minimum atomic E-state index is 0.766. The van der Waals surface area contributed by atoms with Crippen molar-refractivity contribution in [2.45, 2.75) is 38.6 Å². The second-order valence-corrected chi connectivity index (χ2v) is 7.64. The maximum Gasteiger partial charge on any atom is 0.185 e. The molecule has 5 heteroatoms. The molecule has 1 aliphatic heterocycles. The van der Waals surface area contributed by atoms with Gasteiger partial charge < -0.3 is 10.2 Å². The van der Waals surface area contributed by atoms with Crippen LogP contribution in [-0.2, 0) is 6.54 Å². The first-order valence-electron chi connectivity index (χ1n) is 7.41. The van der Waals surface area contributed by atoms with Crippen LogP contribution in [0.25, 0.3) is 0 Å². The summed E-state index contributed by atoms with van der Waals surface area (Å²) in [6.45, 7) is 6.68. The van der Waals surface area contributed by atoms with Gasteiger partial charge in [-0.2, -0.15) is 11.8 Å². The Balaban J connectivity index is 1.71. The van der Waals surface area contributed by atoms with Crippen LogP contribution >= 0.6 is 23.1 Å². The largest absolute Gasteiger partial charge is 0.346 e. The number of thiazole rings is 1. The van der Waals surface area contributed by atoms with E-state index in [4.69, 9.17) is 4.98 Å². The molecule has 1 saturated heterocycles. The molecule has 0 atom stereocenters. The van der Waals surface area contributed by atoms with Gasteiger partial charge in [0, 0.05) is 41.9 Å². The molecule has 0 spiro atoms. The Kier molecular flexibility index (Phi) is 4.66. The summed E-state index contributed by atoms with van der Waals surface area (Å²) in [6.07, 6.45) is 3.90. The van der Waals surface area contributed by atoms with E-state index in [1.54, 1.807) is 0 Å². The molecule has 1 N–H and O–H groups in total. The van der Waals surface area contributed by atoms with Crippen LogP contribution in [0, 0.1) is 0 Å². The maximum atomic E-state index is 4.97. The Morgan fingerprint density at radius 3 is 2.79 bits per heavy atom. The van der Waals surface area contributed by atoms with Gasteiger partial charge in [0.15, 0.2) is 5.13 Å². The van der Waals surface area contributed by atoms with Crippen molar-refractivity contribution < 1.29 is 0 Å². The predicted octanol–water partition coefficient (Wildman–Crippen LogP) is 3.07. The fourth-order valence-electron chi connectivity index (χ4n) is 2.42. The zero-order chi connectivity index (χ0) is 13.1. The SMILES string of the molecule is CCCNCc1sc(N2CCSCC2)nc1C1CC1. The van der Waals surface area contributed by atoms with Crippen LogP contribution in [0.15, 0.2) is 0 Å². The Morgan fingerprint density at radius 1 is 1.32 bits per heavy atom. The highest BCUT2D eigenvalue weighted by Gasteiger charge is 2.30. The number of anilines is 1. The number of hydrogen-bond donors (Lipinski definition) is 1. The highest BCUT2D eigenvalue weighted by atomic mass is 32.2. The molecule has 1 aliphatic carbocycles. The summed E-state index contributed by atoms with van der Waals surface area (Å²) in [5, 5.41) is 4.81. The molecule has 1 aromatic heterocycles. The van der Waals surface area contributed by atoms with Crippen LogP contribution in [0.3, 0.4) is 0 Å². The Bertz CT molecular complexity index is 409. The highest BCUT2D eigenvalue weighted by Crippen LogP contribution is 2.44. The van der Waals surface area contributed by atoms with E-state index >= 15 is 0 Å². The molecule has 3 nitrogen and oxygen atoms in total. The molecule has 2 heterocycles. The number of nitrogens with one attached hydrogen (secondary N) is 1. The molecule has 0 bridgehead atoms. The summed E-state index contributed by atoms with van der Waals surface area (Å²) in [6, 6.07) is 0. The molecule has 1 aromatic rings. The van der Waals surface area contributed by atoms with E-state index in [1.807, 2.05) is 11.3 Å². The predicted molar refractivity (Wildman–Crippen MR) is 85.6 cm³/mol. The topological polar surface area (TPSA) is 28.2 Å². The van der Waals surface area contributed by atoms with Crippen molar-refractivity contribution in [3.63, 3.8) is 0 Å². The first-order chi connectivity index (χ1) is 9.38. The first kappa shape index (κ1) is 13.7. The van der Waals surface area contributed by atoms with Crippen molar-refractivity contribution in [1.29, 1.82) is 0 Å². The normalized spacial score (nSPS) is 19.9. The van der Waals surface area contributed by atoms with Gasteiger partial charge in [-0.3, -0.25) is 0 Å². The molecular weight excluding hydrogens is 274 g/mol. The lowest BCUT2D eigenvalue weighted by molar-refractivity contribution is 0.676. The highest BCUT2D eigenvalue weighted by molar-refractivity contribution is 7.99. The molecule has 106 valence electrons. The van der Waals surface area contributed by atoms with E-state index in [0.29, 0.717) is 0 Å². The van der Waals surface area contributed by atoms with Gasteiger partial charge >= 0.3 is 0 Å². The molecule has 0 amide bonds. The number of thioether (sulfide) groups is 1. The van der Waals surface area contributed by atoms with E-state index in [9.17, 15) is 0 Å². The van der Waals surface area contributed by atoms with Gasteiger partial charge in [-0.15, -0.1) is 11.3 Å². The monoisotopic (exact) mass is 297 g/mol. The van der Waals surface area contributed by atoms with E-state index in [-0.39, 0.29) is 0 Å². The van der Waals surface area contributed by atoms with Crippen molar-refractivity contribution in [2.75, 3.05) is 36.0 Å². The first-order valence-corrected chi connectivity index (χ1v) is 9.38. The van der Waals surface area contributed by atoms with Gasteiger partial charge in [-0.1, -0.05) is 6.92 Å². The summed E-state index contributed by atoms with van der Waals surface area (Å²) in [5.41, 5.74) is 1.40. The Hall–Kier alpha value is -0.260. The molecule has 0 unspecified atom stereocenters. The van der Waals surface area contributed by atoms with E-state index < -0.39 is 0 Å². The van der Waals surface area contributed by atoms with Gasteiger partial charge in [0.1, 0.15) is 0 Å². The molecule has 3 rings (SSSR count). The maximum absolute atomic E-state index is 4.97. The number of hydrogen-bond acceptors (Lipinski definition) is 5. The van der Waals surface area contributed by atoms with Gasteiger partial charge in [0.05, 0.1) is 5.69 Å². The fourth-order valence-corrected chi connectivity index (χ4v) is 4.49. The lowest BCUT2D eigenvalue weighted by Gasteiger charge is -2.25. The molecular formula is C14H23N3S2. The van der Waals surface area contributed by atoms with Crippen molar-refractivity contribution in [3.8, 4) is 0 Å². The van der Waals surface area contributed by atoms with Gasteiger partial charge in [0.2, 0.25) is 0 Å². The van der Waals surface area contributed by atoms with E-state index in [0.717, 1.165) is 19.0 Å². The van der Waals surface area contributed by atoms with Crippen LogP contribution in [0.5, 0.6) is 0 Å². The summed E-state index contributed by atoms with van der Waals surface area (Å²) in [7, 11) is 0. The zero-order valence-electron chi connectivity index (χ0n) is 11.7. The molecule has 0 radical (unpaired) electrons. The Morgan fingerprint density at radius 2 is 2.11 bits per heavy atom. The summed E-state index contributed by atoms with van der Waals surface area (Å²) in [5.74, 6) is 3.27. The number of aromatic nitrogens is 1. The molecule has 2 fully saturated rings. The zero-order valence-corrected chi connectivity index (χ0v) is 13.3.